The van der Waals surface area contributed by atoms with Gasteiger partial charge in [0.2, 0.25) is 11.8 Å². The maximum atomic E-state index is 12.1. The van der Waals surface area contributed by atoms with E-state index in [4.69, 9.17) is 4.52 Å². The molecule has 0 saturated carbocycles. The number of carbonyl (C=O) groups is 1. The van der Waals surface area contributed by atoms with Gasteiger partial charge in [0.25, 0.3) is 0 Å². The van der Waals surface area contributed by atoms with E-state index in [-0.39, 0.29) is 5.91 Å². The topological polar surface area (TPSA) is 59.2 Å². The maximum Gasteiger partial charge on any atom is 0.246 e. The summed E-state index contributed by atoms with van der Waals surface area (Å²) in [5, 5.41) is 3.91. The third-order valence-corrected chi connectivity index (χ3v) is 4.32. The summed E-state index contributed by atoms with van der Waals surface area (Å²) in [6, 6.07) is 10.3. The summed E-state index contributed by atoms with van der Waals surface area (Å²) in [5.41, 5.74) is 1.28. The van der Waals surface area contributed by atoms with E-state index in [1.165, 1.54) is 5.56 Å². The number of hydrogen-bond acceptors (Lipinski definition) is 5. The quantitative estimate of drug-likeness (QED) is 0.819. The summed E-state index contributed by atoms with van der Waals surface area (Å²) in [5.74, 6) is 2.48. The van der Waals surface area contributed by atoms with Crippen molar-refractivity contribution in [1.82, 2.24) is 15.0 Å². The number of thioether (sulfide) groups is 1. The molecule has 0 spiro atoms. The molecule has 1 amide bonds. The summed E-state index contributed by atoms with van der Waals surface area (Å²) in [4.78, 5) is 18.3. The molecule has 22 heavy (non-hydrogen) atoms. The molecular weight excluding hydrogens is 298 g/mol. The highest BCUT2D eigenvalue weighted by atomic mass is 32.2. The molecule has 6 heteroatoms. The number of likely N-dealkylation sites (tertiary alicyclic amines) is 1. The van der Waals surface area contributed by atoms with Crippen molar-refractivity contribution >= 4 is 17.7 Å². The lowest BCUT2D eigenvalue weighted by molar-refractivity contribution is -0.128. The van der Waals surface area contributed by atoms with Crippen LogP contribution in [0, 0.1) is 5.92 Å². The SMILES string of the molecule is CSCc1noc(CN2C[C@@H](Cc3ccccc3)CC2=O)n1. The molecule has 3 rings (SSSR count). The Labute approximate surface area is 134 Å². The van der Waals surface area contributed by atoms with Gasteiger partial charge in [0.1, 0.15) is 0 Å². The van der Waals surface area contributed by atoms with E-state index in [9.17, 15) is 4.79 Å². The van der Waals surface area contributed by atoms with E-state index in [0.29, 0.717) is 30.6 Å². The smallest absolute Gasteiger partial charge is 0.246 e. The van der Waals surface area contributed by atoms with Gasteiger partial charge < -0.3 is 9.42 Å². The average Bonchev–Trinajstić information content (AvgIpc) is 3.08. The highest BCUT2D eigenvalue weighted by Crippen LogP contribution is 2.23. The fraction of sp³-hybridized carbons (Fsp3) is 0.438. The van der Waals surface area contributed by atoms with Gasteiger partial charge in [0.15, 0.2) is 5.82 Å². The zero-order chi connectivity index (χ0) is 15.4. The Morgan fingerprint density at radius 1 is 1.36 bits per heavy atom. The van der Waals surface area contributed by atoms with Crippen molar-refractivity contribution in [2.45, 2.75) is 25.1 Å². The van der Waals surface area contributed by atoms with Gasteiger partial charge in [0, 0.05) is 13.0 Å². The van der Waals surface area contributed by atoms with Crippen molar-refractivity contribution in [2.75, 3.05) is 12.8 Å². The fourth-order valence-corrected chi connectivity index (χ4v) is 3.17. The Hall–Kier alpha value is -1.82. The second-order valence-corrected chi connectivity index (χ2v) is 6.44. The predicted octanol–water partition coefficient (Wildman–Crippen LogP) is 2.52. The average molecular weight is 317 g/mol. The largest absolute Gasteiger partial charge is 0.337 e. The minimum atomic E-state index is 0.172. The van der Waals surface area contributed by atoms with Crippen LogP contribution >= 0.6 is 11.8 Å². The lowest BCUT2D eigenvalue weighted by Gasteiger charge is -2.14. The highest BCUT2D eigenvalue weighted by Gasteiger charge is 2.30. The zero-order valence-electron chi connectivity index (χ0n) is 12.6. The van der Waals surface area contributed by atoms with Gasteiger partial charge in [-0.05, 0) is 24.2 Å². The molecule has 1 aromatic heterocycles. The third-order valence-electron chi connectivity index (χ3n) is 3.77. The normalized spacial score (nSPS) is 18.1. The Morgan fingerprint density at radius 3 is 2.95 bits per heavy atom. The molecule has 1 aliphatic rings. The minimum absolute atomic E-state index is 0.172. The first kappa shape index (κ1) is 15.1. The molecular formula is C16H19N3O2S. The number of rotatable bonds is 6. The van der Waals surface area contributed by atoms with Crippen LogP contribution in [0.1, 0.15) is 23.7 Å². The predicted molar refractivity (Wildman–Crippen MR) is 85.2 cm³/mol. The van der Waals surface area contributed by atoms with E-state index in [0.717, 1.165) is 18.7 Å². The van der Waals surface area contributed by atoms with E-state index in [2.05, 4.69) is 22.3 Å². The van der Waals surface area contributed by atoms with E-state index < -0.39 is 0 Å². The molecule has 0 bridgehead atoms. The van der Waals surface area contributed by atoms with Crippen molar-refractivity contribution in [1.29, 1.82) is 0 Å². The van der Waals surface area contributed by atoms with Gasteiger partial charge in [0.05, 0.1) is 12.3 Å². The molecule has 0 unspecified atom stereocenters. The monoisotopic (exact) mass is 317 g/mol. The molecule has 2 aromatic rings. The number of nitrogens with zero attached hydrogens (tertiary/aromatic N) is 3. The van der Waals surface area contributed by atoms with Crippen LogP contribution in [0.2, 0.25) is 0 Å². The van der Waals surface area contributed by atoms with Crippen LogP contribution < -0.4 is 0 Å². The standard InChI is InChI=1S/C16H19N3O2S/c1-22-11-14-17-15(21-18-14)10-19-9-13(8-16(19)20)7-12-5-3-2-4-6-12/h2-6,13H,7-11H2,1H3/t13-/m0/s1. The summed E-state index contributed by atoms with van der Waals surface area (Å²) in [7, 11) is 0. The maximum absolute atomic E-state index is 12.1. The van der Waals surface area contributed by atoms with Crippen LogP contribution in [0.15, 0.2) is 34.9 Å². The lowest BCUT2D eigenvalue weighted by atomic mass is 9.99. The van der Waals surface area contributed by atoms with Gasteiger partial charge >= 0.3 is 0 Å². The number of benzene rings is 1. The van der Waals surface area contributed by atoms with Crippen molar-refractivity contribution in [3.8, 4) is 0 Å². The minimum Gasteiger partial charge on any atom is -0.337 e. The van der Waals surface area contributed by atoms with Crippen LogP contribution in [-0.2, 0) is 23.5 Å². The first-order valence-electron chi connectivity index (χ1n) is 7.36. The van der Waals surface area contributed by atoms with Gasteiger partial charge in [-0.3, -0.25) is 4.79 Å². The highest BCUT2D eigenvalue weighted by molar-refractivity contribution is 7.97. The number of amides is 1. The second kappa shape index (κ2) is 6.96. The number of hydrogen-bond donors (Lipinski definition) is 0. The van der Waals surface area contributed by atoms with Crippen LogP contribution in [0.3, 0.4) is 0 Å². The Bertz CT molecular complexity index is 629. The molecule has 0 N–H and O–H groups in total. The number of carbonyl (C=O) groups excluding carboxylic acids is 1. The first-order valence-corrected chi connectivity index (χ1v) is 8.76. The van der Waals surface area contributed by atoms with Crippen molar-refractivity contribution < 1.29 is 9.32 Å². The summed E-state index contributed by atoms with van der Waals surface area (Å²) in [6.45, 7) is 1.18. The van der Waals surface area contributed by atoms with Crippen LogP contribution in [0.4, 0.5) is 0 Å². The zero-order valence-corrected chi connectivity index (χ0v) is 13.4. The third kappa shape index (κ3) is 3.68. The molecule has 116 valence electrons. The molecule has 5 nitrogen and oxygen atoms in total. The molecule has 0 radical (unpaired) electrons. The fourth-order valence-electron chi connectivity index (χ4n) is 2.80. The Balaban J connectivity index is 1.57. The second-order valence-electron chi connectivity index (χ2n) is 5.57. The van der Waals surface area contributed by atoms with Crippen LogP contribution in [0.5, 0.6) is 0 Å². The molecule has 2 heterocycles. The molecule has 0 aliphatic carbocycles. The first-order chi connectivity index (χ1) is 10.7. The molecule has 1 saturated heterocycles. The van der Waals surface area contributed by atoms with E-state index in [1.54, 1.807) is 11.8 Å². The summed E-state index contributed by atoms with van der Waals surface area (Å²) >= 11 is 1.65. The van der Waals surface area contributed by atoms with Crippen molar-refractivity contribution in [3.05, 3.63) is 47.6 Å². The van der Waals surface area contributed by atoms with Gasteiger partial charge in [-0.25, -0.2) is 0 Å². The van der Waals surface area contributed by atoms with Crippen molar-refractivity contribution in [3.63, 3.8) is 0 Å². The Kier molecular flexibility index (Phi) is 4.77. The Morgan fingerprint density at radius 2 is 2.18 bits per heavy atom. The van der Waals surface area contributed by atoms with E-state index >= 15 is 0 Å². The van der Waals surface area contributed by atoms with Crippen LogP contribution in [-0.4, -0.2) is 33.7 Å². The molecule has 1 aromatic carbocycles. The van der Waals surface area contributed by atoms with Gasteiger partial charge in [-0.2, -0.15) is 16.7 Å². The van der Waals surface area contributed by atoms with Gasteiger partial charge in [-0.1, -0.05) is 35.5 Å². The lowest BCUT2D eigenvalue weighted by Crippen LogP contribution is -2.25. The van der Waals surface area contributed by atoms with Crippen molar-refractivity contribution in [2.24, 2.45) is 5.92 Å². The summed E-state index contributed by atoms with van der Waals surface area (Å²) in [6.07, 6.45) is 3.53. The van der Waals surface area contributed by atoms with Gasteiger partial charge in [-0.15, -0.1) is 0 Å². The molecule has 1 atom stereocenters. The summed E-state index contributed by atoms with van der Waals surface area (Å²) < 4.78 is 5.21. The molecule has 1 aliphatic heterocycles. The van der Waals surface area contributed by atoms with Crippen LogP contribution in [0.25, 0.3) is 0 Å². The molecule has 1 fully saturated rings. The number of aromatic nitrogens is 2. The van der Waals surface area contributed by atoms with E-state index in [1.807, 2.05) is 29.4 Å².